The second-order valence-electron chi connectivity index (χ2n) is 5.13. The first kappa shape index (κ1) is 14.7. The van der Waals surface area contributed by atoms with Crippen LogP contribution >= 0.6 is 0 Å². The molecule has 1 unspecified atom stereocenters. The number of nitro groups is 1. The summed E-state index contributed by atoms with van der Waals surface area (Å²) in [7, 11) is 1.67. The molecule has 1 aromatic carbocycles. The maximum Gasteiger partial charge on any atom is 0.292 e. The largest absolute Gasteiger partial charge is 0.389 e. The Labute approximate surface area is 118 Å². The number of benzene rings is 1. The number of aliphatic hydroxyl groups is 1. The fraction of sp³-hybridized carbons (Fsp3) is 0.571. The van der Waals surface area contributed by atoms with Crippen molar-refractivity contribution in [2.75, 3.05) is 25.1 Å². The van der Waals surface area contributed by atoms with E-state index in [0.717, 1.165) is 19.4 Å². The van der Waals surface area contributed by atoms with Crippen molar-refractivity contribution in [1.82, 2.24) is 0 Å². The number of ether oxygens (including phenoxy) is 1. The lowest BCUT2D eigenvalue weighted by Crippen LogP contribution is -2.39. The number of anilines is 1. The highest BCUT2D eigenvalue weighted by Crippen LogP contribution is 2.33. The van der Waals surface area contributed by atoms with Gasteiger partial charge in [-0.05, 0) is 31.4 Å². The second-order valence-corrected chi connectivity index (χ2v) is 5.13. The molecule has 2 rings (SSSR count). The summed E-state index contributed by atoms with van der Waals surface area (Å²) in [6.45, 7) is 3.04. The highest BCUT2D eigenvalue weighted by atomic mass is 16.6. The predicted molar refractivity (Wildman–Crippen MR) is 76.0 cm³/mol. The van der Waals surface area contributed by atoms with E-state index in [1.807, 2.05) is 4.90 Å². The molecule has 0 bridgehead atoms. The number of nitrogens with zero attached hydrogens (tertiary/aromatic N) is 2. The summed E-state index contributed by atoms with van der Waals surface area (Å²) >= 11 is 0. The number of hydrogen-bond acceptors (Lipinski definition) is 5. The van der Waals surface area contributed by atoms with Crippen LogP contribution in [0.5, 0.6) is 0 Å². The zero-order chi connectivity index (χ0) is 14.7. The van der Waals surface area contributed by atoms with Crippen LogP contribution in [-0.2, 0) is 4.74 Å². The van der Waals surface area contributed by atoms with Crippen molar-refractivity contribution < 1.29 is 14.8 Å². The van der Waals surface area contributed by atoms with Crippen LogP contribution in [0.3, 0.4) is 0 Å². The van der Waals surface area contributed by atoms with Crippen LogP contribution in [0, 0.1) is 10.1 Å². The Bertz CT molecular complexity index is 490. The minimum Gasteiger partial charge on any atom is -0.389 e. The Morgan fingerprint density at radius 1 is 1.55 bits per heavy atom. The number of nitro benzene ring substituents is 1. The molecule has 1 aliphatic rings. The maximum absolute atomic E-state index is 11.3. The monoisotopic (exact) mass is 280 g/mol. The molecule has 6 nitrogen and oxygen atoms in total. The zero-order valence-electron chi connectivity index (χ0n) is 11.8. The molecule has 0 saturated carbocycles. The summed E-state index contributed by atoms with van der Waals surface area (Å²) in [5.41, 5.74) is 1.20. The minimum absolute atomic E-state index is 0.0418. The second kappa shape index (κ2) is 6.19. The molecule has 20 heavy (non-hydrogen) atoms. The third-order valence-corrected chi connectivity index (χ3v) is 3.73. The van der Waals surface area contributed by atoms with Gasteiger partial charge in [-0.15, -0.1) is 0 Å². The molecule has 6 heteroatoms. The summed E-state index contributed by atoms with van der Waals surface area (Å²) in [5, 5.41) is 20.8. The van der Waals surface area contributed by atoms with Crippen molar-refractivity contribution in [3.8, 4) is 0 Å². The van der Waals surface area contributed by atoms with Gasteiger partial charge >= 0.3 is 0 Å². The number of aliphatic hydroxyl groups excluding tert-OH is 1. The Kier molecular flexibility index (Phi) is 4.57. The van der Waals surface area contributed by atoms with Gasteiger partial charge in [-0.25, -0.2) is 0 Å². The van der Waals surface area contributed by atoms with E-state index in [-0.39, 0.29) is 11.8 Å². The number of methoxy groups -OCH3 is 1. The molecule has 2 atom stereocenters. The molecule has 1 heterocycles. The van der Waals surface area contributed by atoms with Crippen molar-refractivity contribution in [2.45, 2.75) is 32.0 Å². The molecule has 1 saturated heterocycles. The molecule has 1 aromatic rings. The van der Waals surface area contributed by atoms with E-state index in [2.05, 4.69) is 0 Å². The van der Waals surface area contributed by atoms with Gasteiger partial charge in [-0.3, -0.25) is 10.1 Å². The fourth-order valence-corrected chi connectivity index (χ4v) is 2.56. The van der Waals surface area contributed by atoms with Gasteiger partial charge in [0.05, 0.1) is 17.1 Å². The summed E-state index contributed by atoms with van der Waals surface area (Å²) in [5.74, 6) is 0. The average molecular weight is 280 g/mol. The minimum atomic E-state index is -0.712. The van der Waals surface area contributed by atoms with Gasteiger partial charge in [-0.2, -0.15) is 0 Å². The number of rotatable bonds is 4. The van der Waals surface area contributed by atoms with Crippen molar-refractivity contribution in [3.63, 3.8) is 0 Å². The molecule has 0 radical (unpaired) electrons. The normalized spacial score (nSPS) is 20.8. The van der Waals surface area contributed by atoms with Crippen LogP contribution < -0.4 is 4.90 Å². The lowest BCUT2D eigenvalue weighted by Gasteiger charge is -2.33. The molecule has 0 aromatic heterocycles. The summed E-state index contributed by atoms with van der Waals surface area (Å²) in [6.07, 6.45) is 1.33. The van der Waals surface area contributed by atoms with Crippen molar-refractivity contribution >= 4 is 11.4 Å². The molecule has 1 aliphatic heterocycles. The van der Waals surface area contributed by atoms with Crippen LogP contribution in [0.15, 0.2) is 18.2 Å². The third kappa shape index (κ3) is 3.08. The van der Waals surface area contributed by atoms with Crippen molar-refractivity contribution in [1.29, 1.82) is 0 Å². The van der Waals surface area contributed by atoms with Gasteiger partial charge in [0.25, 0.3) is 5.69 Å². The van der Waals surface area contributed by atoms with E-state index in [1.54, 1.807) is 26.2 Å². The maximum atomic E-state index is 11.3. The van der Waals surface area contributed by atoms with Crippen LogP contribution in [0.4, 0.5) is 11.4 Å². The highest BCUT2D eigenvalue weighted by Gasteiger charge is 2.26. The van der Waals surface area contributed by atoms with Gasteiger partial charge in [0.15, 0.2) is 0 Å². The smallest absolute Gasteiger partial charge is 0.292 e. The van der Waals surface area contributed by atoms with Crippen LogP contribution in [-0.4, -0.2) is 36.3 Å². The van der Waals surface area contributed by atoms with E-state index < -0.39 is 11.0 Å². The first-order valence-corrected chi connectivity index (χ1v) is 6.77. The van der Waals surface area contributed by atoms with Gasteiger partial charge in [0, 0.05) is 26.3 Å². The van der Waals surface area contributed by atoms with Crippen LogP contribution in [0.25, 0.3) is 0 Å². The Morgan fingerprint density at radius 2 is 2.30 bits per heavy atom. The molecule has 0 spiro atoms. The van der Waals surface area contributed by atoms with Gasteiger partial charge in [0.2, 0.25) is 0 Å². The first-order valence-electron chi connectivity index (χ1n) is 6.77. The van der Waals surface area contributed by atoms with Gasteiger partial charge < -0.3 is 14.7 Å². The van der Waals surface area contributed by atoms with E-state index in [0.29, 0.717) is 17.8 Å². The van der Waals surface area contributed by atoms with Crippen molar-refractivity contribution in [2.24, 2.45) is 0 Å². The van der Waals surface area contributed by atoms with Gasteiger partial charge in [0.1, 0.15) is 5.69 Å². The predicted octanol–water partition coefficient (Wildman–Crippen LogP) is 2.26. The van der Waals surface area contributed by atoms with Crippen LogP contribution in [0.2, 0.25) is 0 Å². The first-order chi connectivity index (χ1) is 9.52. The molecular formula is C14H20N2O4. The summed E-state index contributed by atoms with van der Waals surface area (Å²) in [6, 6.07) is 4.91. The van der Waals surface area contributed by atoms with E-state index in [4.69, 9.17) is 4.74 Å². The topological polar surface area (TPSA) is 75.8 Å². The SMILES string of the molecule is COC1CCCN(c2ccc([C@@H](C)O)cc2[N+](=O)[O-])C1. The van der Waals surface area contributed by atoms with E-state index in [1.165, 1.54) is 6.07 Å². The average Bonchev–Trinajstić information content (AvgIpc) is 2.46. The number of hydrogen-bond donors (Lipinski definition) is 1. The van der Waals surface area contributed by atoms with Crippen molar-refractivity contribution in [3.05, 3.63) is 33.9 Å². The molecule has 0 amide bonds. The molecule has 1 fully saturated rings. The Morgan fingerprint density at radius 3 is 2.90 bits per heavy atom. The van der Waals surface area contributed by atoms with Gasteiger partial charge in [-0.1, -0.05) is 6.07 Å². The quantitative estimate of drug-likeness (QED) is 0.676. The zero-order valence-corrected chi connectivity index (χ0v) is 11.8. The summed E-state index contributed by atoms with van der Waals surface area (Å²) < 4.78 is 5.35. The highest BCUT2D eigenvalue weighted by molar-refractivity contribution is 5.64. The van der Waals surface area contributed by atoms with Crippen LogP contribution in [0.1, 0.15) is 31.4 Å². The van der Waals surface area contributed by atoms with E-state index in [9.17, 15) is 15.2 Å². The molecule has 110 valence electrons. The summed E-state index contributed by atoms with van der Waals surface area (Å²) in [4.78, 5) is 12.9. The Balaban J connectivity index is 2.32. The molecule has 0 aliphatic carbocycles. The lowest BCUT2D eigenvalue weighted by molar-refractivity contribution is -0.384. The standard InChI is InChI=1S/C14H20N2O4/c1-10(17)11-5-6-13(14(8-11)16(18)19)15-7-3-4-12(9-15)20-2/h5-6,8,10,12,17H,3-4,7,9H2,1-2H3/t10-,12?/m1/s1. The fourth-order valence-electron chi connectivity index (χ4n) is 2.56. The molecular weight excluding hydrogens is 260 g/mol. The lowest BCUT2D eigenvalue weighted by atomic mass is 10.0. The molecule has 1 N–H and O–H groups in total. The van der Waals surface area contributed by atoms with E-state index >= 15 is 0 Å². The Hall–Kier alpha value is -1.66. The third-order valence-electron chi connectivity index (χ3n) is 3.73. The number of piperidine rings is 1.